The van der Waals surface area contributed by atoms with Crippen molar-refractivity contribution in [2.45, 2.75) is 17.9 Å². The Morgan fingerprint density at radius 2 is 1.88 bits per heavy atom. The highest BCUT2D eigenvalue weighted by Gasteiger charge is 2.20. The highest BCUT2D eigenvalue weighted by Crippen LogP contribution is 2.15. The second-order valence-corrected chi connectivity index (χ2v) is 5.41. The quantitative estimate of drug-likeness (QED) is 0.819. The minimum absolute atomic E-state index is 0.0445. The van der Waals surface area contributed by atoms with Crippen LogP contribution in [0.3, 0.4) is 0 Å². The number of carbonyl (C=O) groups is 1. The molecule has 1 N–H and O–H groups in total. The summed E-state index contributed by atoms with van der Waals surface area (Å²) in [5.41, 5.74) is 0. The van der Waals surface area contributed by atoms with Gasteiger partial charge in [-0.15, -0.1) is 0 Å². The Kier molecular flexibility index (Phi) is 4.50. The largest absolute Gasteiger partial charge is 0.497 e. The molecule has 0 bridgehead atoms. The van der Waals surface area contributed by atoms with Gasteiger partial charge in [-0.25, -0.2) is 8.42 Å². The Morgan fingerprint density at radius 1 is 1.35 bits per heavy atom. The van der Waals surface area contributed by atoms with Crippen molar-refractivity contribution in [2.75, 3.05) is 7.11 Å². The molecule has 0 saturated carbocycles. The van der Waals surface area contributed by atoms with Gasteiger partial charge < -0.3 is 4.74 Å². The van der Waals surface area contributed by atoms with Crippen LogP contribution in [0.5, 0.6) is 5.75 Å². The first-order valence-corrected chi connectivity index (χ1v) is 6.58. The molecule has 0 spiro atoms. The molecule has 1 rings (SSSR count). The average molecular weight is 278 g/mol. The third kappa shape index (κ3) is 3.69. The summed E-state index contributed by atoms with van der Waals surface area (Å²) in [4.78, 5) is 10.8. The fraction of sp³-hybridized carbons (Fsp3) is 0.300. The van der Waals surface area contributed by atoms with E-state index in [9.17, 15) is 13.2 Å². The number of carbonyl (C=O) groups excluding carboxylic acids is 1. The molecule has 1 aromatic carbocycles. The number of sulfonamides is 1. The molecule has 0 aromatic heterocycles. The number of benzene rings is 1. The first-order valence-electron chi connectivity index (χ1n) is 4.72. The van der Waals surface area contributed by atoms with E-state index in [4.69, 9.17) is 16.3 Å². The van der Waals surface area contributed by atoms with Crippen LogP contribution in [0.2, 0.25) is 0 Å². The lowest BCUT2D eigenvalue weighted by atomic mass is 10.3. The van der Waals surface area contributed by atoms with Crippen LogP contribution in [-0.2, 0) is 14.8 Å². The van der Waals surface area contributed by atoms with Crippen molar-refractivity contribution in [3.63, 3.8) is 0 Å². The minimum Gasteiger partial charge on any atom is -0.497 e. The minimum atomic E-state index is -3.74. The van der Waals surface area contributed by atoms with Gasteiger partial charge in [-0.3, -0.25) is 4.79 Å². The molecule has 0 aliphatic carbocycles. The maximum Gasteiger partial charge on any atom is 0.241 e. The maximum absolute atomic E-state index is 11.8. The van der Waals surface area contributed by atoms with Crippen molar-refractivity contribution in [3.8, 4) is 5.75 Å². The second-order valence-electron chi connectivity index (χ2n) is 3.32. The molecule has 1 unspecified atom stereocenters. The van der Waals surface area contributed by atoms with Gasteiger partial charge in [-0.05, 0) is 42.8 Å². The summed E-state index contributed by atoms with van der Waals surface area (Å²) in [6, 6.07) is 4.83. The van der Waals surface area contributed by atoms with Gasteiger partial charge >= 0.3 is 0 Å². The summed E-state index contributed by atoms with van der Waals surface area (Å²) >= 11 is 5.18. The smallest absolute Gasteiger partial charge is 0.241 e. The van der Waals surface area contributed by atoms with E-state index in [2.05, 4.69) is 4.72 Å². The van der Waals surface area contributed by atoms with Gasteiger partial charge in [-0.2, -0.15) is 4.72 Å². The number of halogens is 1. The van der Waals surface area contributed by atoms with Gasteiger partial charge in [0.2, 0.25) is 15.3 Å². The highest BCUT2D eigenvalue weighted by molar-refractivity contribution is 7.89. The van der Waals surface area contributed by atoms with E-state index in [-0.39, 0.29) is 4.90 Å². The van der Waals surface area contributed by atoms with Gasteiger partial charge in [0.05, 0.1) is 18.0 Å². The number of methoxy groups -OCH3 is 1. The van der Waals surface area contributed by atoms with Gasteiger partial charge in [0.15, 0.2) is 0 Å². The van der Waals surface area contributed by atoms with E-state index in [1.54, 1.807) is 0 Å². The van der Waals surface area contributed by atoms with Crippen LogP contribution in [0.15, 0.2) is 29.2 Å². The molecule has 0 amide bonds. The van der Waals surface area contributed by atoms with Crippen molar-refractivity contribution in [2.24, 2.45) is 0 Å². The third-order valence-corrected chi connectivity index (χ3v) is 3.93. The zero-order chi connectivity index (χ0) is 13.1. The Balaban J connectivity index is 2.93. The van der Waals surface area contributed by atoms with Crippen molar-refractivity contribution in [3.05, 3.63) is 24.3 Å². The zero-order valence-electron chi connectivity index (χ0n) is 9.31. The van der Waals surface area contributed by atoms with Crippen LogP contribution < -0.4 is 9.46 Å². The average Bonchev–Trinajstić information content (AvgIpc) is 2.28. The fourth-order valence-corrected chi connectivity index (χ4v) is 2.42. The zero-order valence-corrected chi connectivity index (χ0v) is 10.9. The molecular formula is C10H12ClNO4S. The molecule has 7 heteroatoms. The van der Waals surface area contributed by atoms with Gasteiger partial charge in [-0.1, -0.05) is 0 Å². The second kappa shape index (κ2) is 5.48. The van der Waals surface area contributed by atoms with Crippen LogP contribution in [0.25, 0.3) is 0 Å². The van der Waals surface area contributed by atoms with Crippen molar-refractivity contribution in [1.29, 1.82) is 0 Å². The van der Waals surface area contributed by atoms with Gasteiger partial charge in [0.1, 0.15) is 5.75 Å². The normalized spacial score (nSPS) is 13.1. The predicted molar refractivity (Wildman–Crippen MR) is 63.6 cm³/mol. The summed E-state index contributed by atoms with van der Waals surface area (Å²) in [6.07, 6.45) is 0. The monoisotopic (exact) mass is 277 g/mol. The van der Waals surface area contributed by atoms with E-state index in [1.807, 2.05) is 0 Å². The molecule has 0 aliphatic heterocycles. The lowest BCUT2D eigenvalue weighted by molar-refractivity contribution is -0.112. The van der Waals surface area contributed by atoms with Crippen LogP contribution in [0.4, 0.5) is 0 Å². The maximum atomic E-state index is 11.8. The topological polar surface area (TPSA) is 72.5 Å². The summed E-state index contributed by atoms with van der Waals surface area (Å²) in [7, 11) is -2.26. The van der Waals surface area contributed by atoms with E-state index >= 15 is 0 Å². The number of rotatable bonds is 5. The molecular weight excluding hydrogens is 266 g/mol. The number of hydrogen-bond donors (Lipinski definition) is 1. The van der Waals surface area contributed by atoms with E-state index in [0.717, 1.165) is 0 Å². The summed E-state index contributed by atoms with van der Waals surface area (Å²) in [6.45, 7) is 1.37. The summed E-state index contributed by atoms with van der Waals surface area (Å²) < 4.78 is 30.6. The van der Waals surface area contributed by atoms with E-state index < -0.39 is 21.3 Å². The first kappa shape index (κ1) is 14.0. The van der Waals surface area contributed by atoms with Crippen LogP contribution in [-0.4, -0.2) is 26.8 Å². The van der Waals surface area contributed by atoms with Crippen LogP contribution in [0, 0.1) is 0 Å². The number of nitrogens with one attached hydrogen (secondary N) is 1. The number of hydrogen-bond acceptors (Lipinski definition) is 4. The molecule has 0 fully saturated rings. The number of ether oxygens (including phenoxy) is 1. The molecule has 0 aliphatic rings. The standard InChI is InChI=1S/C10H12ClNO4S/c1-7(10(11)13)12-17(14,15)9-5-3-8(16-2)4-6-9/h3-7,12H,1-2H3. The Morgan fingerprint density at radius 3 is 2.29 bits per heavy atom. The molecule has 1 atom stereocenters. The molecule has 5 nitrogen and oxygen atoms in total. The fourth-order valence-electron chi connectivity index (χ4n) is 1.10. The molecule has 1 aromatic rings. The van der Waals surface area contributed by atoms with Gasteiger partial charge in [0, 0.05) is 0 Å². The molecule has 94 valence electrons. The lowest BCUT2D eigenvalue weighted by Gasteiger charge is -2.10. The summed E-state index contributed by atoms with van der Waals surface area (Å²) in [5.74, 6) is 0.547. The van der Waals surface area contributed by atoms with E-state index in [1.165, 1.54) is 38.3 Å². The molecule has 0 saturated heterocycles. The Labute approximate surface area is 105 Å². The molecule has 17 heavy (non-hydrogen) atoms. The van der Waals surface area contributed by atoms with Crippen LogP contribution >= 0.6 is 11.6 Å². The van der Waals surface area contributed by atoms with Crippen molar-refractivity contribution >= 4 is 26.9 Å². The molecule has 0 radical (unpaired) electrons. The van der Waals surface area contributed by atoms with Gasteiger partial charge in [0.25, 0.3) is 0 Å². The highest BCUT2D eigenvalue weighted by atomic mass is 35.5. The first-order chi connectivity index (χ1) is 7.86. The summed E-state index contributed by atoms with van der Waals surface area (Å²) in [5, 5.41) is -0.762. The van der Waals surface area contributed by atoms with E-state index in [0.29, 0.717) is 5.75 Å². The predicted octanol–water partition coefficient (Wildman–Crippen LogP) is 1.13. The third-order valence-electron chi connectivity index (χ3n) is 2.04. The SMILES string of the molecule is COc1ccc(S(=O)(=O)NC(C)C(=O)Cl)cc1. The lowest BCUT2D eigenvalue weighted by Crippen LogP contribution is -2.36. The van der Waals surface area contributed by atoms with Crippen molar-refractivity contribution < 1.29 is 17.9 Å². The Bertz CT molecular complexity index is 498. The van der Waals surface area contributed by atoms with Crippen LogP contribution in [0.1, 0.15) is 6.92 Å². The van der Waals surface area contributed by atoms with Crippen molar-refractivity contribution in [1.82, 2.24) is 4.72 Å². The molecule has 0 heterocycles. The Hall–Kier alpha value is -1.11.